The van der Waals surface area contributed by atoms with Gasteiger partial charge in [0.05, 0.1) is 6.04 Å². The maximum atomic E-state index is 5.85. The Hall–Kier alpha value is -0.900. The molecule has 0 heterocycles. The highest BCUT2D eigenvalue weighted by Gasteiger charge is 2.35. The molecule has 0 saturated heterocycles. The van der Waals surface area contributed by atoms with Gasteiger partial charge >= 0.3 is 0 Å². The normalized spacial score (nSPS) is 16.7. The molecule has 0 amide bonds. The third-order valence-electron chi connectivity index (χ3n) is 4.48. The molecule has 3 heteroatoms. The minimum atomic E-state index is -0.00664. The Morgan fingerprint density at radius 1 is 1.33 bits per heavy atom. The molecule has 2 unspecified atom stereocenters. The van der Waals surface area contributed by atoms with Crippen molar-refractivity contribution in [3.8, 4) is 0 Å². The molecular weight excluding hydrogens is 222 g/mol. The molecule has 1 aromatic carbocycles. The largest absolute Gasteiger partial charge is 0.302 e. The van der Waals surface area contributed by atoms with Gasteiger partial charge < -0.3 is 4.90 Å². The third-order valence-corrected chi connectivity index (χ3v) is 4.48. The van der Waals surface area contributed by atoms with Crippen LogP contribution in [-0.2, 0) is 0 Å². The first-order valence-electron chi connectivity index (χ1n) is 6.58. The van der Waals surface area contributed by atoms with Gasteiger partial charge in [-0.3, -0.25) is 11.3 Å². The number of benzene rings is 1. The number of rotatable bonds is 5. The predicted octanol–water partition coefficient (Wildman–Crippen LogP) is 2.54. The summed E-state index contributed by atoms with van der Waals surface area (Å²) in [4.78, 5) is 2.25. The van der Waals surface area contributed by atoms with E-state index in [-0.39, 0.29) is 11.6 Å². The Bertz CT molecular complexity index is 401. The zero-order valence-corrected chi connectivity index (χ0v) is 12.5. The molecule has 0 fully saturated rings. The first-order valence-corrected chi connectivity index (χ1v) is 6.58. The van der Waals surface area contributed by atoms with Crippen LogP contribution in [-0.4, -0.2) is 24.5 Å². The Balaban J connectivity index is 3.29. The Labute approximate surface area is 111 Å². The quantitative estimate of drug-likeness (QED) is 0.622. The van der Waals surface area contributed by atoms with Crippen molar-refractivity contribution in [2.45, 2.75) is 45.7 Å². The molecule has 0 saturated carbocycles. The van der Waals surface area contributed by atoms with Crippen molar-refractivity contribution in [2.75, 3.05) is 14.1 Å². The van der Waals surface area contributed by atoms with Gasteiger partial charge in [0.1, 0.15) is 0 Å². The Morgan fingerprint density at radius 3 is 2.39 bits per heavy atom. The number of likely N-dealkylation sites (N-methyl/N-ethyl adjacent to an activating group) is 1. The van der Waals surface area contributed by atoms with Crippen LogP contribution in [0.15, 0.2) is 18.2 Å². The maximum absolute atomic E-state index is 5.85. The van der Waals surface area contributed by atoms with E-state index in [1.165, 1.54) is 16.7 Å². The summed E-state index contributed by atoms with van der Waals surface area (Å²) in [6, 6.07) is 6.54. The molecule has 102 valence electrons. The highest BCUT2D eigenvalue weighted by molar-refractivity contribution is 5.37. The number of hydrogen-bond acceptors (Lipinski definition) is 3. The Morgan fingerprint density at radius 2 is 1.94 bits per heavy atom. The SMILES string of the molecule is CCC(C)(C(NN)c1cccc(C)c1C)N(C)C. The van der Waals surface area contributed by atoms with E-state index in [2.05, 4.69) is 70.3 Å². The van der Waals surface area contributed by atoms with E-state index in [1.54, 1.807) is 0 Å². The van der Waals surface area contributed by atoms with Crippen molar-refractivity contribution in [1.29, 1.82) is 0 Å². The van der Waals surface area contributed by atoms with Crippen LogP contribution in [0.25, 0.3) is 0 Å². The van der Waals surface area contributed by atoms with E-state index in [4.69, 9.17) is 5.84 Å². The van der Waals surface area contributed by atoms with Crippen LogP contribution in [0, 0.1) is 13.8 Å². The number of nitrogens with two attached hydrogens (primary N) is 1. The smallest absolute Gasteiger partial charge is 0.0643 e. The van der Waals surface area contributed by atoms with Gasteiger partial charge in [-0.25, -0.2) is 0 Å². The molecule has 0 aliphatic carbocycles. The van der Waals surface area contributed by atoms with E-state index < -0.39 is 0 Å². The second kappa shape index (κ2) is 5.83. The number of aryl methyl sites for hydroxylation is 1. The van der Waals surface area contributed by atoms with Crippen molar-refractivity contribution in [1.82, 2.24) is 10.3 Å². The standard InChI is InChI=1S/C15H27N3/c1-7-15(4,18(5)6)14(17-16)13-10-8-9-11(2)12(13)3/h8-10,14,17H,7,16H2,1-6H3. The Kier molecular flexibility index (Phi) is 4.91. The lowest BCUT2D eigenvalue weighted by molar-refractivity contribution is 0.112. The minimum absolute atomic E-state index is 0.00664. The molecule has 18 heavy (non-hydrogen) atoms. The van der Waals surface area contributed by atoms with Crippen molar-refractivity contribution < 1.29 is 0 Å². The van der Waals surface area contributed by atoms with Crippen molar-refractivity contribution in [3.63, 3.8) is 0 Å². The number of nitrogens with one attached hydrogen (secondary N) is 1. The van der Waals surface area contributed by atoms with E-state index in [9.17, 15) is 0 Å². The van der Waals surface area contributed by atoms with Gasteiger partial charge in [0.15, 0.2) is 0 Å². The second-order valence-electron chi connectivity index (χ2n) is 5.49. The highest BCUT2D eigenvalue weighted by atomic mass is 15.3. The van der Waals surface area contributed by atoms with Crippen LogP contribution in [0.5, 0.6) is 0 Å². The van der Waals surface area contributed by atoms with Gasteiger partial charge in [-0.05, 0) is 58.0 Å². The van der Waals surface area contributed by atoms with Crippen LogP contribution in [0.3, 0.4) is 0 Å². The maximum Gasteiger partial charge on any atom is 0.0643 e. The second-order valence-corrected chi connectivity index (χ2v) is 5.49. The zero-order valence-electron chi connectivity index (χ0n) is 12.5. The number of hydrogen-bond donors (Lipinski definition) is 2. The van der Waals surface area contributed by atoms with Crippen molar-refractivity contribution in [2.24, 2.45) is 5.84 Å². The number of nitrogens with zero attached hydrogens (tertiary/aromatic N) is 1. The van der Waals surface area contributed by atoms with Gasteiger partial charge in [0.2, 0.25) is 0 Å². The van der Waals surface area contributed by atoms with E-state index >= 15 is 0 Å². The van der Waals surface area contributed by atoms with Crippen LogP contribution in [0.4, 0.5) is 0 Å². The fraction of sp³-hybridized carbons (Fsp3) is 0.600. The molecule has 0 aliphatic rings. The van der Waals surface area contributed by atoms with Crippen LogP contribution in [0.2, 0.25) is 0 Å². The number of hydrazine groups is 1. The average Bonchev–Trinajstić information content (AvgIpc) is 2.34. The van der Waals surface area contributed by atoms with Crippen LogP contribution in [0.1, 0.15) is 43.0 Å². The van der Waals surface area contributed by atoms with Gasteiger partial charge in [-0.15, -0.1) is 0 Å². The summed E-state index contributed by atoms with van der Waals surface area (Å²) in [5, 5.41) is 0. The first-order chi connectivity index (χ1) is 8.38. The topological polar surface area (TPSA) is 41.3 Å². The summed E-state index contributed by atoms with van der Waals surface area (Å²) in [5.41, 5.74) is 6.93. The molecule has 0 radical (unpaired) electrons. The summed E-state index contributed by atoms with van der Waals surface area (Å²) < 4.78 is 0. The first kappa shape index (κ1) is 15.2. The summed E-state index contributed by atoms with van der Waals surface area (Å²) in [7, 11) is 4.22. The molecule has 3 nitrogen and oxygen atoms in total. The van der Waals surface area contributed by atoms with Crippen molar-refractivity contribution >= 4 is 0 Å². The van der Waals surface area contributed by atoms with E-state index in [1.807, 2.05) is 0 Å². The predicted molar refractivity (Wildman–Crippen MR) is 78.4 cm³/mol. The summed E-state index contributed by atoms with van der Waals surface area (Å²) in [6.07, 6.45) is 1.03. The lowest BCUT2D eigenvalue weighted by atomic mass is 9.81. The molecule has 0 aromatic heterocycles. The third kappa shape index (κ3) is 2.58. The molecular formula is C15H27N3. The molecule has 0 aliphatic heterocycles. The molecule has 0 bridgehead atoms. The van der Waals surface area contributed by atoms with Crippen LogP contribution < -0.4 is 11.3 Å². The molecule has 1 aromatic rings. The van der Waals surface area contributed by atoms with Gasteiger partial charge in [0.25, 0.3) is 0 Å². The monoisotopic (exact) mass is 249 g/mol. The molecule has 2 atom stereocenters. The lowest BCUT2D eigenvalue weighted by Gasteiger charge is -2.43. The van der Waals surface area contributed by atoms with Crippen molar-refractivity contribution in [3.05, 3.63) is 34.9 Å². The van der Waals surface area contributed by atoms with E-state index in [0.29, 0.717) is 0 Å². The molecule has 0 spiro atoms. The summed E-state index contributed by atoms with van der Waals surface area (Å²) >= 11 is 0. The van der Waals surface area contributed by atoms with Gasteiger partial charge in [-0.2, -0.15) is 0 Å². The highest BCUT2D eigenvalue weighted by Crippen LogP contribution is 2.34. The fourth-order valence-corrected chi connectivity index (χ4v) is 2.47. The van der Waals surface area contributed by atoms with Gasteiger partial charge in [-0.1, -0.05) is 25.1 Å². The fourth-order valence-electron chi connectivity index (χ4n) is 2.47. The minimum Gasteiger partial charge on any atom is -0.302 e. The molecule has 1 rings (SSSR count). The average molecular weight is 249 g/mol. The summed E-state index contributed by atoms with van der Waals surface area (Å²) in [6.45, 7) is 8.76. The lowest BCUT2D eigenvalue weighted by Crippen LogP contribution is -2.53. The van der Waals surface area contributed by atoms with E-state index in [0.717, 1.165) is 6.42 Å². The molecule has 3 N–H and O–H groups in total. The zero-order chi connectivity index (χ0) is 13.9. The van der Waals surface area contributed by atoms with Gasteiger partial charge in [0, 0.05) is 5.54 Å². The van der Waals surface area contributed by atoms with Crippen LogP contribution >= 0.6 is 0 Å². The summed E-state index contributed by atoms with van der Waals surface area (Å²) in [5.74, 6) is 5.85.